The molecule has 1 amide bonds. The molecule has 1 heterocycles. The Hall–Kier alpha value is -2.87. The van der Waals surface area contributed by atoms with Crippen LogP contribution >= 0.6 is 23.2 Å². The molecule has 3 aromatic rings. The lowest BCUT2D eigenvalue weighted by molar-refractivity contribution is -0.137. The van der Waals surface area contributed by atoms with Crippen molar-refractivity contribution in [2.24, 2.45) is 0 Å². The van der Waals surface area contributed by atoms with Gasteiger partial charge >= 0.3 is 6.18 Å². The van der Waals surface area contributed by atoms with Gasteiger partial charge in [-0.3, -0.25) is 14.0 Å². The fourth-order valence-electron chi connectivity index (χ4n) is 4.93. The summed E-state index contributed by atoms with van der Waals surface area (Å²) in [5.74, 6) is -1.02. The van der Waals surface area contributed by atoms with Crippen molar-refractivity contribution in [1.82, 2.24) is 10.2 Å². The number of aliphatic hydroxyl groups excluding tert-OH is 2. The number of hydrogen-bond acceptors (Lipinski definition) is 6. The molecular weight excluding hydrogens is 630 g/mol. The van der Waals surface area contributed by atoms with E-state index in [0.717, 1.165) is 27.8 Å². The Kier molecular flexibility index (Phi) is 9.70. The predicted octanol–water partition coefficient (Wildman–Crippen LogP) is 4.73. The molecule has 43 heavy (non-hydrogen) atoms. The van der Waals surface area contributed by atoms with E-state index in [1.54, 1.807) is 24.3 Å². The number of sulfonamides is 1. The number of aliphatic hydroxyl groups is 2. The van der Waals surface area contributed by atoms with Crippen LogP contribution in [0.5, 0.6) is 0 Å². The lowest BCUT2D eigenvalue weighted by Crippen LogP contribution is -2.61. The zero-order valence-corrected chi connectivity index (χ0v) is 25.5. The summed E-state index contributed by atoms with van der Waals surface area (Å²) in [4.78, 5) is 14.9. The highest BCUT2D eigenvalue weighted by Crippen LogP contribution is 2.39. The third-order valence-corrected chi connectivity index (χ3v) is 8.92. The van der Waals surface area contributed by atoms with Crippen LogP contribution in [-0.2, 0) is 16.2 Å². The van der Waals surface area contributed by atoms with Crippen LogP contribution in [0, 0.1) is 0 Å². The fourth-order valence-corrected chi connectivity index (χ4v) is 6.35. The van der Waals surface area contributed by atoms with E-state index in [-0.39, 0.29) is 24.8 Å². The van der Waals surface area contributed by atoms with Gasteiger partial charge in [-0.1, -0.05) is 47.5 Å². The molecule has 1 fully saturated rings. The normalized spacial score (nSPS) is 14.9. The molecule has 0 bridgehead atoms. The Morgan fingerprint density at radius 2 is 1.47 bits per heavy atom. The number of benzene rings is 3. The van der Waals surface area contributed by atoms with Gasteiger partial charge in [0.05, 0.1) is 48.3 Å². The monoisotopic (exact) mass is 659 g/mol. The molecule has 1 aliphatic rings. The smallest absolute Gasteiger partial charge is 0.394 e. The van der Waals surface area contributed by atoms with E-state index in [2.05, 4.69) is 5.32 Å². The molecule has 0 spiro atoms. The van der Waals surface area contributed by atoms with E-state index in [1.165, 1.54) is 6.92 Å². The first-order valence-electron chi connectivity index (χ1n) is 13.1. The highest BCUT2D eigenvalue weighted by molar-refractivity contribution is 7.92. The van der Waals surface area contributed by atoms with Gasteiger partial charge in [0.2, 0.25) is 10.0 Å². The van der Waals surface area contributed by atoms with Crippen LogP contribution < -0.4 is 9.62 Å². The molecule has 0 aliphatic carbocycles. The van der Waals surface area contributed by atoms with Gasteiger partial charge in [-0.05, 0) is 60.5 Å². The van der Waals surface area contributed by atoms with E-state index in [1.807, 2.05) is 29.2 Å². The molecule has 8 nitrogen and oxygen atoms in total. The first-order valence-corrected chi connectivity index (χ1v) is 15.7. The number of carbonyl (C=O) groups is 1. The minimum Gasteiger partial charge on any atom is -0.394 e. The van der Waals surface area contributed by atoms with Crippen LogP contribution in [0.1, 0.15) is 40.0 Å². The van der Waals surface area contributed by atoms with Crippen LogP contribution in [0.3, 0.4) is 0 Å². The molecule has 1 aliphatic heterocycles. The summed E-state index contributed by atoms with van der Waals surface area (Å²) >= 11 is 12.2. The number of rotatable bonds is 10. The van der Waals surface area contributed by atoms with Crippen LogP contribution in [0.25, 0.3) is 0 Å². The third-order valence-electron chi connectivity index (χ3n) is 7.19. The average molecular weight is 661 g/mol. The Morgan fingerprint density at radius 3 is 1.88 bits per heavy atom. The molecule has 3 N–H and O–H groups in total. The number of carbonyl (C=O) groups excluding carboxylic acids is 1. The number of nitrogens with zero attached hydrogens (tertiary/aromatic N) is 2. The second-order valence-corrected chi connectivity index (χ2v) is 13.5. The number of alkyl halides is 3. The van der Waals surface area contributed by atoms with Crippen molar-refractivity contribution in [2.45, 2.75) is 30.7 Å². The van der Waals surface area contributed by atoms with Crippen LogP contribution in [0.4, 0.5) is 18.9 Å². The molecule has 1 saturated heterocycles. The summed E-state index contributed by atoms with van der Waals surface area (Å²) in [6.45, 7) is 0.262. The highest BCUT2D eigenvalue weighted by atomic mass is 35.5. The van der Waals surface area contributed by atoms with Crippen molar-refractivity contribution in [3.8, 4) is 0 Å². The van der Waals surface area contributed by atoms with Gasteiger partial charge in [0.15, 0.2) is 0 Å². The van der Waals surface area contributed by atoms with Crippen molar-refractivity contribution in [2.75, 3.05) is 36.9 Å². The lowest BCUT2D eigenvalue weighted by atomic mass is 9.93. The Morgan fingerprint density at radius 1 is 0.977 bits per heavy atom. The molecule has 4 rings (SSSR count). The first kappa shape index (κ1) is 33.0. The topological polar surface area (TPSA) is 110 Å². The molecule has 0 unspecified atom stereocenters. The number of amides is 1. The van der Waals surface area contributed by atoms with Crippen molar-refractivity contribution >= 4 is 44.8 Å². The summed E-state index contributed by atoms with van der Waals surface area (Å²) in [5.41, 5.74) is -1.83. The highest BCUT2D eigenvalue weighted by Gasteiger charge is 2.42. The first-order chi connectivity index (χ1) is 20.0. The maximum atomic E-state index is 13.9. The number of hydrogen-bond donors (Lipinski definition) is 3. The molecule has 0 saturated carbocycles. The molecular formula is C29H30Cl2F3N3O5S. The Labute approximate surface area is 257 Å². The van der Waals surface area contributed by atoms with E-state index in [0.29, 0.717) is 22.2 Å². The number of nitrogens with one attached hydrogen (secondary N) is 1. The maximum Gasteiger partial charge on any atom is 0.416 e. The number of halogens is 5. The van der Waals surface area contributed by atoms with Crippen molar-refractivity contribution in [3.63, 3.8) is 0 Å². The van der Waals surface area contributed by atoms with Crippen molar-refractivity contribution < 1.29 is 36.6 Å². The van der Waals surface area contributed by atoms with Gasteiger partial charge in [-0.15, -0.1) is 0 Å². The van der Waals surface area contributed by atoms with Crippen LogP contribution in [-0.4, -0.2) is 73.6 Å². The van der Waals surface area contributed by atoms with Gasteiger partial charge < -0.3 is 15.5 Å². The number of likely N-dealkylation sites (tertiary alicyclic amines) is 1. The molecule has 0 atom stereocenters. The molecule has 232 valence electrons. The third kappa shape index (κ3) is 7.62. The minimum absolute atomic E-state index is 0.161. The SMILES string of the molecule is CC(CO)(CO)NC(=O)c1cc(N(C2CN(C(c3ccc(Cl)cc3)c3ccc(Cl)cc3)C2)S(C)(=O)=O)cc(C(F)(F)F)c1. The maximum absolute atomic E-state index is 13.9. The predicted molar refractivity (Wildman–Crippen MR) is 159 cm³/mol. The summed E-state index contributed by atoms with van der Waals surface area (Å²) in [5, 5.41) is 22.4. The van der Waals surface area contributed by atoms with E-state index >= 15 is 0 Å². The van der Waals surface area contributed by atoms with Gasteiger partial charge in [0.25, 0.3) is 5.91 Å². The molecule has 0 radical (unpaired) electrons. The summed E-state index contributed by atoms with van der Waals surface area (Å²) in [6, 6.07) is 15.5. The van der Waals surface area contributed by atoms with E-state index in [4.69, 9.17) is 23.2 Å². The quantitative estimate of drug-likeness (QED) is 0.291. The average Bonchev–Trinajstić information content (AvgIpc) is 2.92. The standard InChI is InChI=1S/C29H30Cl2F3N3O5S/c1-28(16-38,17-39)35-27(40)20-11-21(29(32,33)34)13-24(12-20)37(43(2,41)42)25-14-36(15-25)26(18-3-7-22(30)8-4-18)19-5-9-23(31)10-6-19/h3-13,25-26,38-39H,14-17H2,1-2H3,(H,35,40). The number of anilines is 1. The van der Waals surface area contributed by atoms with Crippen molar-refractivity contribution in [1.29, 1.82) is 0 Å². The van der Waals surface area contributed by atoms with Gasteiger partial charge in [0.1, 0.15) is 0 Å². The molecule has 14 heteroatoms. The van der Waals surface area contributed by atoms with Crippen molar-refractivity contribution in [3.05, 3.63) is 99.0 Å². The Balaban J connectivity index is 1.71. The second kappa shape index (κ2) is 12.6. The van der Waals surface area contributed by atoms with Crippen LogP contribution in [0.2, 0.25) is 10.0 Å². The zero-order chi connectivity index (χ0) is 31.7. The zero-order valence-electron chi connectivity index (χ0n) is 23.1. The summed E-state index contributed by atoms with van der Waals surface area (Å²) < 4.78 is 68.8. The van der Waals surface area contributed by atoms with E-state index < -0.39 is 58.0 Å². The Bertz CT molecular complexity index is 1520. The lowest BCUT2D eigenvalue weighted by Gasteiger charge is -2.49. The summed E-state index contributed by atoms with van der Waals surface area (Å²) in [7, 11) is -4.12. The fraction of sp³-hybridized carbons (Fsp3) is 0.345. The second-order valence-electron chi connectivity index (χ2n) is 10.8. The molecule has 0 aromatic heterocycles. The minimum atomic E-state index is -4.90. The van der Waals surface area contributed by atoms with Crippen LogP contribution in [0.15, 0.2) is 66.7 Å². The van der Waals surface area contributed by atoms with Gasteiger partial charge in [-0.25, -0.2) is 8.42 Å². The summed E-state index contributed by atoms with van der Waals surface area (Å²) in [6.07, 6.45) is -4.01. The van der Waals surface area contributed by atoms with E-state index in [9.17, 15) is 36.6 Å². The molecule has 3 aromatic carbocycles. The largest absolute Gasteiger partial charge is 0.416 e. The van der Waals surface area contributed by atoms with Gasteiger partial charge in [0, 0.05) is 28.7 Å². The van der Waals surface area contributed by atoms with Gasteiger partial charge in [-0.2, -0.15) is 13.2 Å².